The fraction of sp³-hybridized carbons (Fsp3) is 0.375. The molecule has 3 aromatic rings. The van der Waals surface area contributed by atoms with Crippen LogP contribution in [0.4, 0.5) is 4.79 Å². The highest BCUT2D eigenvalue weighted by atomic mass is 16.5. The number of rotatable bonds is 11. The third-order valence-electron chi connectivity index (χ3n) is 7.86. The van der Waals surface area contributed by atoms with E-state index >= 15 is 0 Å². The maximum absolute atomic E-state index is 12.7. The van der Waals surface area contributed by atoms with E-state index in [2.05, 4.69) is 34.3 Å². The van der Waals surface area contributed by atoms with Gasteiger partial charge in [0.1, 0.15) is 19.3 Å². The van der Waals surface area contributed by atoms with Gasteiger partial charge in [-0.25, -0.2) is 9.59 Å². The van der Waals surface area contributed by atoms with Crippen LogP contribution in [0.15, 0.2) is 66.7 Å². The van der Waals surface area contributed by atoms with E-state index in [4.69, 9.17) is 14.2 Å². The molecule has 0 bridgehead atoms. The molecule has 1 unspecified atom stereocenters. The predicted molar refractivity (Wildman–Crippen MR) is 156 cm³/mol. The lowest BCUT2D eigenvalue weighted by Gasteiger charge is -2.32. The van der Waals surface area contributed by atoms with E-state index in [9.17, 15) is 14.7 Å². The van der Waals surface area contributed by atoms with Crippen molar-refractivity contribution in [2.75, 3.05) is 60.1 Å². The lowest BCUT2D eigenvalue weighted by Crippen LogP contribution is -2.45. The Morgan fingerprint density at radius 1 is 0.951 bits per heavy atom. The topological polar surface area (TPSA) is 101 Å². The number of hydrogen-bond donors (Lipinski definition) is 2. The molecule has 5 rings (SSSR count). The molecule has 3 aromatic carbocycles. The SMILES string of the molecule is COc1cc(CC(NC(=O)OCC2c3ccccc3-c3ccccc32)C(=O)O)ccc1OCCN1CCN(C)CC1. The monoisotopic (exact) mass is 559 g/mol. The summed E-state index contributed by atoms with van der Waals surface area (Å²) in [5, 5.41) is 12.3. The van der Waals surface area contributed by atoms with Gasteiger partial charge in [0.2, 0.25) is 0 Å². The number of piperazine rings is 1. The van der Waals surface area contributed by atoms with Gasteiger partial charge < -0.3 is 29.5 Å². The first-order valence-corrected chi connectivity index (χ1v) is 14.0. The predicted octanol–water partition coefficient (Wildman–Crippen LogP) is 3.86. The van der Waals surface area contributed by atoms with Gasteiger partial charge in [-0.1, -0.05) is 54.6 Å². The first-order chi connectivity index (χ1) is 19.9. The highest BCUT2D eigenvalue weighted by molar-refractivity contribution is 5.81. The smallest absolute Gasteiger partial charge is 0.407 e. The van der Waals surface area contributed by atoms with Crippen LogP contribution in [0.1, 0.15) is 22.6 Å². The molecule has 0 spiro atoms. The lowest BCUT2D eigenvalue weighted by atomic mass is 9.98. The number of methoxy groups -OCH3 is 1. The van der Waals surface area contributed by atoms with Crippen molar-refractivity contribution in [2.24, 2.45) is 0 Å². The van der Waals surface area contributed by atoms with E-state index in [1.165, 1.54) is 0 Å². The standard InChI is InChI=1S/C32H37N3O6/c1-34-13-15-35(16-14-34)17-18-40-29-12-11-22(20-30(29)39-2)19-28(31(36)37)33-32(38)41-21-27-25-9-5-3-7-23(25)24-8-4-6-10-26(24)27/h3-12,20,27-28H,13-19,21H2,1-2H3,(H,33,38)(H,36,37). The van der Waals surface area contributed by atoms with Crippen molar-refractivity contribution in [1.82, 2.24) is 15.1 Å². The number of alkyl carbamates (subject to hydrolysis) is 1. The average Bonchev–Trinajstić information content (AvgIpc) is 3.31. The number of benzene rings is 3. The van der Waals surface area contributed by atoms with Gasteiger partial charge in [0.05, 0.1) is 7.11 Å². The number of aliphatic carboxylic acids is 1. The molecule has 41 heavy (non-hydrogen) atoms. The third kappa shape index (κ3) is 6.81. The minimum atomic E-state index is -1.17. The van der Waals surface area contributed by atoms with Crippen LogP contribution in [0.25, 0.3) is 11.1 Å². The summed E-state index contributed by atoms with van der Waals surface area (Å²) in [5.74, 6) is -0.137. The number of nitrogens with one attached hydrogen (secondary N) is 1. The van der Waals surface area contributed by atoms with Gasteiger partial charge in [0, 0.05) is 45.1 Å². The van der Waals surface area contributed by atoms with Gasteiger partial charge >= 0.3 is 12.1 Å². The van der Waals surface area contributed by atoms with Gasteiger partial charge in [-0.15, -0.1) is 0 Å². The zero-order valence-corrected chi connectivity index (χ0v) is 23.5. The summed E-state index contributed by atoms with van der Waals surface area (Å²) >= 11 is 0. The second kappa shape index (κ2) is 13.1. The van der Waals surface area contributed by atoms with Gasteiger partial charge in [0.15, 0.2) is 11.5 Å². The normalized spacial score (nSPS) is 16.0. The lowest BCUT2D eigenvalue weighted by molar-refractivity contribution is -0.139. The quantitative estimate of drug-likeness (QED) is 0.366. The number of carbonyl (C=O) groups excluding carboxylic acids is 1. The van der Waals surface area contributed by atoms with Crippen LogP contribution < -0.4 is 14.8 Å². The van der Waals surface area contributed by atoms with Crippen LogP contribution in [0.3, 0.4) is 0 Å². The van der Waals surface area contributed by atoms with Crippen LogP contribution in [0.5, 0.6) is 11.5 Å². The molecule has 1 saturated heterocycles. The van der Waals surface area contributed by atoms with E-state index in [1.807, 2.05) is 36.4 Å². The van der Waals surface area contributed by atoms with E-state index < -0.39 is 18.1 Å². The minimum absolute atomic E-state index is 0.0669. The average molecular weight is 560 g/mol. The second-order valence-electron chi connectivity index (χ2n) is 10.5. The molecule has 0 radical (unpaired) electrons. The van der Waals surface area contributed by atoms with Gasteiger partial charge in [0.25, 0.3) is 0 Å². The van der Waals surface area contributed by atoms with Crippen molar-refractivity contribution in [3.63, 3.8) is 0 Å². The Morgan fingerprint density at radius 2 is 1.61 bits per heavy atom. The Labute approximate surface area is 240 Å². The Balaban J connectivity index is 1.16. The van der Waals surface area contributed by atoms with Crippen LogP contribution >= 0.6 is 0 Å². The maximum atomic E-state index is 12.7. The molecule has 1 heterocycles. The zero-order valence-electron chi connectivity index (χ0n) is 23.5. The molecule has 1 aliphatic heterocycles. The number of hydrogen-bond acceptors (Lipinski definition) is 7. The Morgan fingerprint density at radius 3 is 2.24 bits per heavy atom. The molecule has 2 N–H and O–H groups in total. The molecule has 0 saturated carbocycles. The number of amides is 1. The van der Waals surface area contributed by atoms with E-state index in [0.717, 1.165) is 55.0 Å². The number of carbonyl (C=O) groups is 2. The summed E-state index contributed by atoms with van der Waals surface area (Å²) in [6.45, 7) is 5.59. The zero-order chi connectivity index (χ0) is 28.8. The van der Waals surface area contributed by atoms with Crippen LogP contribution in [0, 0.1) is 0 Å². The summed E-state index contributed by atoms with van der Waals surface area (Å²) in [6, 6.07) is 20.3. The minimum Gasteiger partial charge on any atom is -0.493 e. The summed E-state index contributed by atoms with van der Waals surface area (Å²) in [6.07, 6.45) is -0.702. The maximum Gasteiger partial charge on any atom is 0.407 e. The Hall–Kier alpha value is -4.08. The Kier molecular flexibility index (Phi) is 9.06. The molecular formula is C32H37N3O6. The number of carboxylic acid groups (broad SMARTS) is 1. The summed E-state index contributed by atoms with van der Waals surface area (Å²) in [7, 11) is 3.68. The van der Waals surface area contributed by atoms with Crippen molar-refractivity contribution >= 4 is 12.1 Å². The van der Waals surface area contributed by atoms with E-state index in [0.29, 0.717) is 23.7 Å². The molecule has 9 nitrogen and oxygen atoms in total. The van der Waals surface area contributed by atoms with Gasteiger partial charge in [-0.05, 0) is 47.0 Å². The number of likely N-dealkylation sites (N-methyl/N-ethyl adjacent to an activating group) is 1. The molecule has 2 aliphatic rings. The Bertz CT molecular complexity index is 1330. The molecule has 1 amide bonds. The van der Waals surface area contributed by atoms with Crippen LogP contribution in [-0.4, -0.2) is 93.1 Å². The molecule has 1 atom stereocenters. The fourth-order valence-corrected chi connectivity index (χ4v) is 5.53. The van der Waals surface area contributed by atoms with Crippen molar-refractivity contribution in [3.8, 4) is 22.6 Å². The van der Waals surface area contributed by atoms with Crippen molar-refractivity contribution < 1.29 is 28.9 Å². The second-order valence-corrected chi connectivity index (χ2v) is 10.5. The number of carboxylic acids is 1. The number of fused-ring (bicyclic) bond motifs is 3. The largest absolute Gasteiger partial charge is 0.493 e. The molecule has 1 aliphatic carbocycles. The third-order valence-corrected chi connectivity index (χ3v) is 7.86. The van der Waals surface area contributed by atoms with Crippen LogP contribution in [-0.2, 0) is 16.0 Å². The molecule has 1 fully saturated rings. The summed E-state index contributed by atoms with van der Waals surface area (Å²) in [4.78, 5) is 29.4. The van der Waals surface area contributed by atoms with Gasteiger partial charge in [-0.2, -0.15) is 0 Å². The summed E-state index contributed by atoms with van der Waals surface area (Å²) in [5.41, 5.74) is 5.13. The first kappa shape index (κ1) is 28.4. The number of nitrogens with zero attached hydrogens (tertiary/aromatic N) is 2. The van der Waals surface area contributed by atoms with E-state index in [1.54, 1.807) is 25.3 Å². The summed E-state index contributed by atoms with van der Waals surface area (Å²) < 4.78 is 17.0. The molecule has 216 valence electrons. The van der Waals surface area contributed by atoms with Crippen LogP contribution in [0.2, 0.25) is 0 Å². The molecule has 9 heteroatoms. The number of ether oxygens (including phenoxy) is 3. The van der Waals surface area contributed by atoms with Crippen molar-refractivity contribution in [1.29, 1.82) is 0 Å². The van der Waals surface area contributed by atoms with Crippen molar-refractivity contribution in [2.45, 2.75) is 18.4 Å². The van der Waals surface area contributed by atoms with Gasteiger partial charge in [-0.3, -0.25) is 4.90 Å². The fourth-order valence-electron chi connectivity index (χ4n) is 5.53. The highest BCUT2D eigenvalue weighted by Crippen LogP contribution is 2.44. The molecule has 0 aromatic heterocycles. The highest BCUT2D eigenvalue weighted by Gasteiger charge is 2.30. The first-order valence-electron chi connectivity index (χ1n) is 14.0. The van der Waals surface area contributed by atoms with E-state index in [-0.39, 0.29) is 18.9 Å². The van der Waals surface area contributed by atoms with Crippen molar-refractivity contribution in [3.05, 3.63) is 83.4 Å². The molecular weight excluding hydrogens is 522 g/mol.